The largest absolute Gasteiger partial charge is 0.381 e. The molecular weight excluding hydrogens is 124 g/mol. The Kier molecular flexibility index (Phi) is 3.95. The van der Waals surface area contributed by atoms with E-state index in [-0.39, 0.29) is 0 Å². The van der Waals surface area contributed by atoms with E-state index >= 15 is 0 Å². The van der Waals surface area contributed by atoms with Gasteiger partial charge in [-0.15, -0.1) is 0 Å². The summed E-state index contributed by atoms with van der Waals surface area (Å²) in [4.78, 5) is 0. The lowest BCUT2D eigenvalue weighted by atomic mass is 9.82. The van der Waals surface area contributed by atoms with Crippen LogP contribution in [0.5, 0.6) is 0 Å². The van der Waals surface area contributed by atoms with Crippen LogP contribution in [-0.2, 0) is 4.74 Å². The number of hydrogen-bond acceptors (Lipinski definition) is 1. The third-order valence-electron chi connectivity index (χ3n) is 2.24. The molecule has 1 nitrogen and oxygen atoms in total. The van der Waals surface area contributed by atoms with Crippen LogP contribution in [0.1, 0.15) is 34.6 Å². The monoisotopic (exact) mass is 144 g/mol. The summed E-state index contributed by atoms with van der Waals surface area (Å²) in [5.74, 6) is 0.694. The summed E-state index contributed by atoms with van der Waals surface area (Å²) in [6, 6.07) is 0. The molecule has 0 rings (SSSR count). The average molecular weight is 144 g/mol. The van der Waals surface area contributed by atoms with Gasteiger partial charge in [0.05, 0.1) is 6.61 Å². The van der Waals surface area contributed by atoms with Crippen LogP contribution in [0.25, 0.3) is 0 Å². The third kappa shape index (κ3) is 3.21. The molecule has 0 radical (unpaired) electrons. The summed E-state index contributed by atoms with van der Waals surface area (Å²) in [5.41, 5.74) is 0.329. The van der Waals surface area contributed by atoms with Crippen molar-refractivity contribution in [3.05, 3.63) is 0 Å². The molecule has 0 aromatic rings. The molecule has 0 aliphatic heterocycles. The predicted molar refractivity (Wildman–Crippen MR) is 45.1 cm³/mol. The van der Waals surface area contributed by atoms with Crippen molar-refractivity contribution in [1.29, 1.82) is 0 Å². The molecule has 0 atom stereocenters. The van der Waals surface area contributed by atoms with E-state index in [9.17, 15) is 0 Å². The van der Waals surface area contributed by atoms with Crippen molar-refractivity contribution in [2.45, 2.75) is 34.6 Å². The maximum atomic E-state index is 5.36. The fourth-order valence-corrected chi connectivity index (χ4v) is 0.532. The fourth-order valence-electron chi connectivity index (χ4n) is 0.532. The standard InChI is InChI=1S/C9H20O/c1-6-10-7-9(4,5)8(2)3/h8H,6-7H2,1-5H3. The maximum absolute atomic E-state index is 5.36. The van der Waals surface area contributed by atoms with E-state index < -0.39 is 0 Å². The topological polar surface area (TPSA) is 9.23 Å². The van der Waals surface area contributed by atoms with Crippen molar-refractivity contribution in [3.8, 4) is 0 Å². The van der Waals surface area contributed by atoms with Crippen molar-refractivity contribution in [3.63, 3.8) is 0 Å². The Labute approximate surface area is 64.8 Å². The second kappa shape index (κ2) is 3.97. The van der Waals surface area contributed by atoms with Gasteiger partial charge in [-0.05, 0) is 18.3 Å². The Bertz CT molecular complexity index is 84.7. The first-order valence-corrected chi connectivity index (χ1v) is 4.08. The van der Waals surface area contributed by atoms with Crippen LogP contribution >= 0.6 is 0 Å². The van der Waals surface area contributed by atoms with E-state index in [1.54, 1.807) is 0 Å². The van der Waals surface area contributed by atoms with Crippen LogP contribution < -0.4 is 0 Å². The zero-order valence-corrected chi connectivity index (χ0v) is 7.90. The van der Waals surface area contributed by atoms with Gasteiger partial charge in [0, 0.05) is 6.61 Å². The van der Waals surface area contributed by atoms with Crippen LogP contribution in [0.2, 0.25) is 0 Å². The lowest BCUT2D eigenvalue weighted by Crippen LogP contribution is -2.25. The lowest BCUT2D eigenvalue weighted by Gasteiger charge is -2.28. The van der Waals surface area contributed by atoms with Crippen LogP contribution in [0.3, 0.4) is 0 Å². The predicted octanol–water partition coefficient (Wildman–Crippen LogP) is 2.71. The van der Waals surface area contributed by atoms with E-state index in [1.165, 1.54) is 0 Å². The Hall–Kier alpha value is -0.0400. The third-order valence-corrected chi connectivity index (χ3v) is 2.24. The van der Waals surface area contributed by atoms with E-state index in [0.717, 1.165) is 13.2 Å². The van der Waals surface area contributed by atoms with Gasteiger partial charge in [-0.25, -0.2) is 0 Å². The Balaban J connectivity index is 3.63. The van der Waals surface area contributed by atoms with Gasteiger partial charge in [-0.3, -0.25) is 0 Å². The zero-order chi connectivity index (χ0) is 8.20. The molecule has 0 aromatic heterocycles. The van der Waals surface area contributed by atoms with Crippen molar-refractivity contribution in [1.82, 2.24) is 0 Å². The average Bonchev–Trinajstić information content (AvgIpc) is 1.84. The smallest absolute Gasteiger partial charge is 0.0519 e. The molecule has 0 aromatic carbocycles. The first-order chi connectivity index (χ1) is 4.50. The molecular formula is C9H20O. The molecule has 0 aliphatic rings. The molecule has 0 aliphatic carbocycles. The first-order valence-electron chi connectivity index (χ1n) is 4.08. The molecule has 0 heterocycles. The van der Waals surface area contributed by atoms with Gasteiger partial charge in [-0.2, -0.15) is 0 Å². The van der Waals surface area contributed by atoms with Gasteiger partial charge < -0.3 is 4.74 Å². The minimum Gasteiger partial charge on any atom is -0.381 e. The van der Waals surface area contributed by atoms with Gasteiger partial charge in [-0.1, -0.05) is 27.7 Å². The van der Waals surface area contributed by atoms with Crippen molar-refractivity contribution >= 4 is 0 Å². The molecule has 0 amide bonds. The van der Waals surface area contributed by atoms with Crippen LogP contribution in [-0.4, -0.2) is 13.2 Å². The van der Waals surface area contributed by atoms with Gasteiger partial charge in [0.2, 0.25) is 0 Å². The molecule has 62 valence electrons. The molecule has 0 bridgehead atoms. The number of ether oxygens (including phenoxy) is 1. The minimum absolute atomic E-state index is 0.329. The molecule has 0 spiro atoms. The minimum atomic E-state index is 0.329. The van der Waals surface area contributed by atoms with Crippen molar-refractivity contribution in [2.75, 3.05) is 13.2 Å². The van der Waals surface area contributed by atoms with Gasteiger partial charge in [0.1, 0.15) is 0 Å². The molecule has 0 saturated heterocycles. The van der Waals surface area contributed by atoms with Crippen LogP contribution in [0, 0.1) is 11.3 Å². The summed E-state index contributed by atoms with van der Waals surface area (Å²) in [5, 5.41) is 0. The zero-order valence-electron chi connectivity index (χ0n) is 7.90. The van der Waals surface area contributed by atoms with Crippen molar-refractivity contribution in [2.24, 2.45) is 11.3 Å². The van der Waals surface area contributed by atoms with Gasteiger partial charge in [0.25, 0.3) is 0 Å². The molecule has 10 heavy (non-hydrogen) atoms. The highest BCUT2D eigenvalue weighted by Gasteiger charge is 2.21. The highest BCUT2D eigenvalue weighted by molar-refractivity contribution is 4.70. The number of hydrogen-bond donors (Lipinski definition) is 0. The van der Waals surface area contributed by atoms with Gasteiger partial charge in [0.15, 0.2) is 0 Å². The maximum Gasteiger partial charge on any atom is 0.0519 e. The quantitative estimate of drug-likeness (QED) is 0.589. The molecule has 1 heteroatoms. The van der Waals surface area contributed by atoms with Crippen LogP contribution in [0.4, 0.5) is 0 Å². The molecule has 0 N–H and O–H groups in total. The van der Waals surface area contributed by atoms with E-state index in [0.29, 0.717) is 11.3 Å². The normalized spacial score (nSPS) is 12.6. The summed E-state index contributed by atoms with van der Waals surface area (Å²) in [7, 11) is 0. The highest BCUT2D eigenvalue weighted by Crippen LogP contribution is 2.25. The lowest BCUT2D eigenvalue weighted by molar-refractivity contribution is 0.0446. The van der Waals surface area contributed by atoms with Gasteiger partial charge >= 0.3 is 0 Å². The van der Waals surface area contributed by atoms with Crippen LogP contribution in [0.15, 0.2) is 0 Å². The Morgan fingerprint density at radius 2 is 1.80 bits per heavy atom. The van der Waals surface area contributed by atoms with E-state index in [2.05, 4.69) is 27.7 Å². The highest BCUT2D eigenvalue weighted by atomic mass is 16.5. The fraction of sp³-hybridized carbons (Fsp3) is 1.00. The molecule has 0 fully saturated rings. The Morgan fingerprint density at radius 3 is 2.10 bits per heavy atom. The SMILES string of the molecule is CCOCC(C)(C)C(C)C. The van der Waals surface area contributed by atoms with Crippen molar-refractivity contribution < 1.29 is 4.74 Å². The second-order valence-corrected chi connectivity index (χ2v) is 3.78. The van der Waals surface area contributed by atoms with E-state index in [4.69, 9.17) is 4.74 Å². The number of rotatable bonds is 4. The summed E-state index contributed by atoms with van der Waals surface area (Å²) in [6.07, 6.45) is 0. The summed E-state index contributed by atoms with van der Waals surface area (Å²) < 4.78 is 5.36. The molecule has 0 unspecified atom stereocenters. The first kappa shape index (κ1) is 9.96. The second-order valence-electron chi connectivity index (χ2n) is 3.78. The van der Waals surface area contributed by atoms with E-state index in [1.807, 2.05) is 6.92 Å². The summed E-state index contributed by atoms with van der Waals surface area (Å²) in [6.45, 7) is 12.7. The summed E-state index contributed by atoms with van der Waals surface area (Å²) >= 11 is 0. The molecule has 0 saturated carbocycles. The Morgan fingerprint density at radius 1 is 1.30 bits per heavy atom.